The number of hydrogen-bond acceptors (Lipinski definition) is 4. The molecule has 2 heterocycles. The highest BCUT2D eigenvalue weighted by atomic mass is 16.3. The minimum absolute atomic E-state index is 0.125. The van der Waals surface area contributed by atoms with Crippen molar-refractivity contribution >= 4 is 11.1 Å². The lowest BCUT2D eigenvalue weighted by molar-refractivity contribution is 0.444. The molecule has 7 rings (SSSR count). The van der Waals surface area contributed by atoms with Crippen molar-refractivity contribution in [3.8, 4) is 50.7 Å². The van der Waals surface area contributed by atoms with Crippen LogP contribution in [0, 0.1) is 0 Å². The van der Waals surface area contributed by atoms with Gasteiger partial charge in [0.05, 0.1) is 11.3 Å². The van der Waals surface area contributed by atoms with Gasteiger partial charge in [0.15, 0.2) is 5.58 Å². The van der Waals surface area contributed by atoms with Crippen molar-refractivity contribution < 1.29 is 9.52 Å². The van der Waals surface area contributed by atoms with Gasteiger partial charge in [-0.05, 0) is 93.1 Å². The Kier molecular flexibility index (Phi) is 8.20. The molecule has 49 heavy (non-hydrogen) atoms. The van der Waals surface area contributed by atoms with Gasteiger partial charge >= 0.3 is 0 Å². The van der Waals surface area contributed by atoms with E-state index in [4.69, 9.17) is 14.4 Å². The van der Waals surface area contributed by atoms with E-state index in [1.165, 1.54) is 11.1 Å². The van der Waals surface area contributed by atoms with Gasteiger partial charge in [-0.3, -0.25) is 4.98 Å². The van der Waals surface area contributed by atoms with Crippen molar-refractivity contribution in [1.29, 1.82) is 0 Å². The van der Waals surface area contributed by atoms with E-state index in [1.807, 2.05) is 36.5 Å². The summed E-state index contributed by atoms with van der Waals surface area (Å²) in [7, 11) is 0. The molecule has 0 spiro atoms. The topological polar surface area (TPSA) is 59.2 Å². The molecule has 0 saturated heterocycles. The van der Waals surface area contributed by atoms with E-state index < -0.39 is 0 Å². The highest BCUT2D eigenvalue weighted by Crippen LogP contribution is 2.43. The molecule has 4 nitrogen and oxygen atoms in total. The van der Waals surface area contributed by atoms with Crippen LogP contribution in [-0.2, 0) is 17.3 Å². The summed E-state index contributed by atoms with van der Waals surface area (Å²) < 4.78 is 6.45. The van der Waals surface area contributed by atoms with E-state index >= 15 is 0 Å². The third-order valence-electron chi connectivity index (χ3n) is 9.16. The van der Waals surface area contributed by atoms with Gasteiger partial charge in [0.2, 0.25) is 5.89 Å². The molecule has 244 valence electrons. The molecule has 0 fully saturated rings. The van der Waals surface area contributed by atoms with E-state index in [-0.39, 0.29) is 16.6 Å². The molecule has 2 aromatic heterocycles. The number of fused-ring (bicyclic) bond motifs is 1. The van der Waals surface area contributed by atoms with Crippen molar-refractivity contribution in [2.24, 2.45) is 0 Å². The number of para-hydroxylation sites is 1. The van der Waals surface area contributed by atoms with Crippen LogP contribution in [0.25, 0.3) is 56.1 Å². The number of oxazole rings is 1. The Morgan fingerprint density at radius 1 is 0.592 bits per heavy atom. The second-order valence-electron chi connectivity index (χ2n) is 15.0. The van der Waals surface area contributed by atoms with Crippen molar-refractivity contribution in [2.75, 3.05) is 0 Å². The van der Waals surface area contributed by atoms with Gasteiger partial charge in [-0.15, -0.1) is 0 Å². The third kappa shape index (κ3) is 6.64. The molecule has 0 unspecified atom stereocenters. The minimum Gasteiger partial charge on any atom is -0.507 e. The molecule has 0 aliphatic rings. The molecule has 0 aliphatic carbocycles. The lowest BCUT2D eigenvalue weighted by Gasteiger charge is -2.27. The van der Waals surface area contributed by atoms with Gasteiger partial charge in [-0.1, -0.05) is 120 Å². The molecule has 5 aromatic carbocycles. The zero-order valence-electron chi connectivity index (χ0n) is 29.1. The number of aromatic nitrogens is 2. The Balaban J connectivity index is 1.38. The highest BCUT2D eigenvalue weighted by molar-refractivity contribution is 5.94. The Bertz CT molecular complexity index is 2270. The van der Waals surface area contributed by atoms with E-state index in [9.17, 15) is 5.11 Å². The maximum atomic E-state index is 11.6. The first kappa shape index (κ1) is 32.1. The highest BCUT2D eigenvalue weighted by Gasteiger charge is 2.27. The predicted molar refractivity (Wildman–Crippen MR) is 202 cm³/mol. The molecule has 1 N–H and O–H groups in total. The third-order valence-corrected chi connectivity index (χ3v) is 9.16. The van der Waals surface area contributed by atoms with Crippen LogP contribution in [0.5, 0.6) is 5.75 Å². The molecular weight excluding hydrogens is 601 g/mol. The average Bonchev–Trinajstić information content (AvgIpc) is 3.53. The fourth-order valence-electron chi connectivity index (χ4n) is 6.40. The van der Waals surface area contributed by atoms with Gasteiger partial charge in [0.1, 0.15) is 11.3 Å². The van der Waals surface area contributed by atoms with E-state index in [1.54, 1.807) is 0 Å². The SMILES string of the molecule is CC(C)(C)c1cc(-c2nc3c(-c4cc(-c5ccccc5)cc(-c5cc(Cc6ccccc6)ccn5)c4)cccc3o2)c(O)c(C(C)(C)C)c1. The second kappa shape index (κ2) is 12.5. The zero-order chi connectivity index (χ0) is 34.3. The summed E-state index contributed by atoms with van der Waals surface area (Å²) in [4.78, 5) is 9.92. The molecule has 4 heteroatoms. The number of pyridine rings is 1. The van der Waals surface area contributed by atoms with Crippen LogP contribution < -0.4 is 0 Å². The number of nitrogens with zero attached hydrogens (tertiary/aromatic N) is 2. The summed E-state index contributed by atoms with van der Waals surface area (Å²) in [6.07, 6.45) is 2.74. The summed E-state index contributed by atoms with van der Waals surface area (Å²) in [6.45, 7) is 12.9. The van der Waals surface area contributed by atoms with Crippen LogP contribution in [0.2, 0.25) is 0 Å². The molecule has 0 radical (unpaired) electrons. The van der Waals surface area contributed by atoms with E-state index in [0.717, 1.165) is 56.6 Å². The fourth-order valence-corrected chi connectivity index (χ4v) is 6.40. The lowest BCUT2D eigenvalue weighted by Crippen LogP contribution is -2.17. The van der Waals surface area contributed by atoms with Crippen LogP contribution >= 0.6 is 0 Å². The van der Waals surface area contributed by atoms with Crippen LogP contribution in [0.3, 0.4) is 0 Å². The minimum atomic E-state index is -0.266. The number of rotatable bonds is 6. The fraction of sp³-hybridized carbons (Fsp3) is 0.200. The van der Waals surface area contributed by atoms with Gasteiger partial charge in [-0.2, -0.15) is 0 Å². The monoisotopic (exact) mass is 642 g/mol. The summed E-state index contributed by atoms with van der Waals surface area (Å²) in [5.74, 6) is 0.620. The van der Waals surface area contributed by atoms with Crippen molar-refractivity contribution in [3.05, 3.63) is 150 Å². The lowest BCUT2D eigenvalue weighted by atomic mass is 9.79. The zero-order valence-corrected chi connectivity index (χ0v) is 29.1. The Hall–Kier alpha value is -5.48. The number of hydrogen-bond donors (Lipinski definition) is 1. The number of benzene rings is 5. The summed E-state index contributed by atoms with van der Waals surface area (Å²) in [5.41, 5.74) is 12.2. The Morgan fingerprint density at radius 3 is 2.00 bits per heavy atom. The molecule has 0 saturated carbocycles. The standard InChI is InChI=1S/C45H42N2O2/c1-44(2,3)35-27-37(42(48)38(28-35)45(4,5)6)43-47-41-36(18-13-19-40(41)49-43)33-24-32(31-16-11-8-12-17-31)25-34(26-33)39-23-30(20-21-46-39)22-29-14-9-7-10-15-29/h7-21,23-28,48H,22H2,1-6H3. The van der Waals surface area contributed by atoms with Crippen LogP contribution in [0.15, 0.2) is 132 Å². The Labute approximate surface area is 289 Å². The smallest absolute Gasteiger partial charge is 0.231 e. The first-order chi connectivity index (χ1) is 23.4. The van der Waals surface area contributed by atoms with Crippen LogP contribution in [-0.4, -0.2) is 15.1 Å². The first-order valence-corrected chi connectivity index (χ1v) is 16.9. The quantitative estimate of drug-likeness (QED) is 0.196. The maximum absolute atomic E-state index is 11.6. The van der Waals surface area contributed by atoms with Gasteiger partial charge in [0.25, 0.3) is 0 Å². The van der Waals surface area contributed by atoms with Gasteiger partial charge in [-0.25, -0.2) is 4.98 Å². The van der Waals surface area contributed by atoms with Crippen molar-refractivity contribution in [1.82, 2.24) is 9.97 Å². The molecule has 0 aliphatic heterocycles. The maximum Gasteiger partial charge on any atom is 0.231 e. The van der Waals surface area contributed by atoms with Crippen molar-refractivity contribution in [2.45, 2.75) is 58.8 Å². The normalized spacial score (nSPS) is 12.0. The number of phenols is 1. The molecule has 0 amide bonds. The second-order valence-corrected chi connectivity index (χ2v) is 15.0. The van der Waals surface area contributed by atoms with Gasteiger partial charge < -0.3 is 9.52 Å². The largest absolute Gasteiger partial charge is 0.507 e. The molecular formula is C45H42N2O2. The Morgan fingerprint density at radius 2 is 1.29 bits per heavy atom. The first-order valence-electron chi connectivity index (χ1n) is 16.9. The molecule has 7 aromatic rings. The van der Waals surface area contributed by atoms with Crippen LogP contribution in [0.4, 0.5) is 0 Å². The molecule has 0 bridgehead atoms. The van der Waals surface area contributed by atoms with Crippen molar-refractivity contribution in [3.63, 3.8) is 0 Å². The summed E-state index contributed by atoms with van der Waals surface area (Å²) >= 11 is 0. The van der Waals surface area contributed by atoms with Gasteiger partial charge in [0, 0.05) is 22.9 Å². The van der Waals surface area contributed by atoms with E-state index in [0.29, 0.717) is 17.0 Å². The predicted octanol–water partition coefficient (Wildman–Crippen LogP) is 11.8. The average molecular weight is 643 g/mol. The summed E-state index contributed by atoms with van der Waals surface area (Å²) in [6, 6.07) is 42.0. The number of aromatic hydroxyl groups is 1. The molecule has 0 atom stereocenters. The van der Waals surface area contributed by atoms with Crippen LogP contribution in [0.1, 0.15) is 63.8 Å². The summed E-state index contributed by atoms with van der Waals surface area (Å²) in [5, 5.41) is 11.6. The number of phenolic OH excluding ortho intramolecular Hbond substituents is 1. The van der Waals surface area contributed by atoms with E-state index in [2.05, 4.69) is 133 Å².